The van der Waals surface area contributed by atoms with Gasteiger partial charge in [0.25, 0.3) is 0 Å². The lowest BCUT2D eigenvalue weighted by Crippen LogP contribution is -2.44. The number of aliphatic imine (C=N–C) groups is 1. The van der Waals surface area contributed by atoms with Gasteiger partial charge < -0.3 is 15.4 Å². The Bertz CT molecular complexity index is 595. The van der Waals surface area contributed by atoms with Gasteiger partial charge in [0.1, 0.15) is 12.4 Å². The molecule has 26 heavy (non-hydrogen) atoms. The third-order valence-corrected chi connectivity index (χ3v) is 4.96. The molecule has 2 N–H and O–H groups in total. The van der Waals surface area contributed by atoms with Crippen LogP contribution in [0.15, 0.2) is 17.4 Å². The SMILES string of the molecule is CCOCCC1(CNC(=NC)NCCn2cc([N+](=O)[O-])cn2)CCCC1. The van der Waals surface area contributed by atoms with Gasteiger partial charge in [0, 0.05) is 33.4 Å². The topological polar surface area (TPSA) is 107 Å². The summed E-state index contributed by atoms with van der Waals surface area (Å²) < 4.78 is 7.11. The maximum absolute atomic E-state index is 10.7. The van der Waals surface area contributed by atoms with Crippen LogP contribution < -0.4 is 10.6 Å². The number of nitrogens with zero attached hydrogens (tertiary/aromatic N) is 4. The van der Waals surface area contributed by atoms with Crippen LogP contribution in [0.2, 0.25) is 0 Å². The van der Waals surface area contributed by atoms with Crippen molar-refractivity contribution in [3.8, 4) is 0 Å². The van der Waals surface area contributed by atoms with Gasteiger partial charge in [-0.2, -0.15) is 5.10 Å². The molecule has 0 unspecified atom stereocenters. The van der Waals surface area contributed by atoms with Gasteiger partial charge in [-0.15, -0.1) is 0 Å². The molecule has 0 aliphatic heterocycles. The number of nitrogens with one attached hydrogen (secondary N) is 2. The Labute approximate surface area is 154 Å². The monoisotopic (exact) mass is 366 g/mol. The van der Waals surface area contributed by atoms with E-state index in [0.717, 1.165) is 32.1 Å². The average Bonchev–Trinajstić information content (AvgIpc) is 3.28. The maximum atomic E-state index is 10.7. The summed E-state index contributed by atoms with van der Waals surface area (Å²) in [5.41, 5.74) is 0.292. The highest BCUT2D eigenvalue weighted by atomic mass is 16.6. The number of guanidine groups is 1. The molecule has 0 bridgehead atoms. The summed E-state index contributed by atoms with van der Waals surface area (Å²) in [6.07, 6.45) is 8.76. The fourth-order valence-electron chi connectivity index (χ4n) is 3.42. The Morgan fingerprint density at radius 2 is 2.23 bits per heavy atom. The van der Waals surface area contributed by atoms with Gasteiger partial charge in [-0.25, -0.2) is 0 Å². The van der Waals surface area contributed by atoms with Crippen molar-refractivity contribution in [1.82, 2.24) is 20.4 Å². The van der Waals surface area contributed by atoms with Gasteiger partial charge in [0.2, 0.25) is 0 Å². The average molecular weight is 366 g/mol. The van der Waals surface area contributed by atoms with Crippen LogP contribution in [0, 0.1) is 15.5 Å². The van der Waals surface area contributed by atoms with Crippen molar-refractivity contribution in [1.29, 1.82) is 0 Å². The van der Waals surface area contributed by atoms with Crippen molar-refractivity contribution in [3.63, 3.8) is 0 Å². The van der Waals surface area contributed by atoms with E-state index in [0.29, 0.717) is 13.1 Å². The number of aromatic nitrogens is 2. The first-order valence-electron chi connectivity index (χ1n) is 9.28. The number of rotatable bonds is 10. The molecule has 2 rings (SSSR count). The molecule has 1 fully saturated rings. The van der Waals surface area contributed by atoms with Gasteiger partial charge in [0.05, 0.1) is 11.5 Å². The predicted octanol–water partition coefficient (Wildman–Crippen LogP) is 1.94. The van der Waals surface area contributed by atoms with Gasteiger partial charge in [0.15, 0.2) is 5.96 Å². The Kier molecular flexibility index (Phi) is 7.83. The van der Waals surface area contributed by atoms with Gasteiger partial charge in [-0.3, -0.25) is 19.8 Å². The van der Waals surface area contributed by atoms with E-state index in [2.05, 4.69) is 20.7 Å². The minimum atomic E-state index is -0.444. The van der Waals surface area contributed by atoms with E-state index < -0.39 is 4.92 Å². The molecular weight excluding hydrogens is 336 g/mol. The van der Waals surface area contributed by atoms with E-state index in [9.17, 15) is 10.1 Å². The molecule has 0 atom stereocenters. The highest BCUT2D eigenvalue weighted by molar-refractivity contribution is 5.79. The van der Waals surface area contributed by atoms with Crippen LogP contribution in [0.25, 0.3) is 0 Å². The number of hydrogen-bond donors (Lipinski definition) is 2. The van der Waals surface area contributed by atoms with E-state index >= 15 is 0 Å². The maximum Gasteiger partial charge on any atom is 0.306 e. The molecule has 0 radical (unpaired) electrons. The number of nitro groups is 1. The lowest BCUT2D eigenvalue weighted by atomic mass is 9.83. The summed E-state index contributed by atoms with van der Waals surface area (Å²) >= 11 is 0. The lowest BCUT2D eigenvalue weighted by Gasteiger charge is -2.30. The van der Waals surface area contributed by atoms with Crippen LogP contribution in [-0.2, 0) is 11.3 Å². The molecule has 9 nitrogen and oxygen atoms in total. The van der Waals surface area contributed by atoms with Crippen LogP contribution in [0.3, 0.4) is 0 Å². The quantitative estimate of drug-likeness (QED) is 0.215. The molecule has 0 aromatic carbocycles. The molecule has 0 spiro atoms. The first-order chi connectivity index (χ1) is 12.6. The van der Waals surface area contributed by atoms with Crippen LogP contribution in [-0.4, -0.2) is 54.0 Å². The smallest absolute Gasteiger partial charge is 0.306 e. The second-order valence-electron chi connectivity index (χ2n) is 6.73. The molecule has 9 heteroatoms. The van der Waals surface area contributed by atoms with Crippen molar-refractivity contribution in [2.45, 2.75) is 45.6 Å². The molecule has 1 aromatic heterocycles. The normalized spacial score (nSPS) is 16.6. The predicted molar refractivity (Wildman–Crippen MR) is 100 cm³/mol. The van der Waals surface area contributed by atoms with E-state index in [1.807, 2.05) is 6.92 Å². The Morgan fingerprint density at radius 1 is 1.46 bits per heavy atom. The number of hydrogen-bond acceptors (Lipinski definition) is 5. The molecular formula is C17H30N6O3. The fraction of sp³-hybridized carbons (Fsp3) is 0.765. The second kappa shape index (κ2) is 10.1. The van der Waals surface area contributed by atoms with E-state index in [1.54, 1.807) is 11.7 Å². The minimum Gasteiger partial charge on any atom is -0.382 e. The zero-order chi connectivity index (χ0) is 18.8. The standard InChI is InChI=1S/C17H30N6O3/c1-3-26-11-8-17(6-4-5-7-17)14-20-16(18-2)19-9-10-22-13-15(12-21-22)23(24)25/h12-13H,3-11,14H2,1-2H3,(H2,18,19,20). The minimum absolute atomic E-state index is 0.00461. The van der Waals surface area contributed by atoms with Gasteiger partial charge in [-0.05, 0) is 31.6 Å². The first-order valence-corrected chi connectivity index (χ1v) is 9.28. The summed E-state index contributed by atoms with van der Waals surface area (Å²) in [7, 11) is 1.75. The Morgan fingerprint density at radius 3 is 2.85 bits per heavy atom. The molecule has 1 aliphatic carbocycles. The molecule has 0 amide bonds. The van der Waals surface area contributed by atoms with Crippen molar-refractivity contribution >= 4 is 11.6 Å². The molecule has 1 aromatic rings. The Hall–Kier alpha value is -2.16. The second-order valence-corrected chi connectivity index (χ2v) is 6.73. The van der Waals surface area contributed by atoms with Crippen LogP contribution in [0.4, 0.5) is 5.69 Å². The van der Waals surface area contributed by atoms with Crippen molar-refractivity contribution in [2.75, 3.05) is 33.4 Å². The number of ether oxygens (including phenoxy) is 1. The van der Waals surface area contributed by atoms with E-state index in [-0.39, 0.29) is 11.1 Å². The summed E-state index contributed by atoms with van der Waals surface area (Å²) in [6, 6.07) is 0. The molecule has 1 heterocycles. The molecule has 0 saturated heterocycles. The van der Waals surface area contributed by atoms with Crippen molar-refractivity contribution < 1.29 is 9.66 Å². The van der Waals surface area contributed by atoms with Crippen molar-refractivity contribution in [3.05, 3.63) is 22.5 Å². The molecule has 146 valence electrons. The largest absolute Gasteiger partial charge is 0.382 e. The fourth-order valence-corrected chi connectivity index (χ4v) is 3.42. The van der Waals surface area contributed by atoms with Crippen molar-refractivity contribution in [2.24, 2.45) is 10.4 Å². The highest BCUT2D eigenvalue weighted by Crippen LogP contribution is 2.40. The summed E-state index contributed by atoms with van der Waals surface area (Å²) in [4.78, 5) is 14.5. The van der Waals surface area contributed by atoms with Crippen LogP contribution in [0.1, 0.15) is 39.0 Å². The van der Waals surface area contributed by atoms with Crippen LogP contribution in [0.5, 0.6) is 0 Å². The highest BCUT2D eigenvalue weighted by Gasteiger charge is 2.33. The van der Waals surface area contributed by atoms with Gasteiger partial charge >= 0.3 is 5.69 Å². The first kappa shape index (κ1) is 20.2. The lowest BCUT2D eigenvalue weighted by molar-refractivity contribution is -0.385. The zero-order valence-corrected chi connectivity index (χ0v) is 15.7. The molecule has 1 saturated carbocycles. The summed E-state index contributed by atoms with van der Waals surface area (Å²) in [5, 5.41) is 21.3. The van der Waals surface area contributed by atoms with Crippen LogP contribution >= 0.6 is 0 Å². The third kappa shape index (κ3) is 5.98. The third-order valence-electron chi connectivity index (χ3n) is 4.96. The van der Waals surface area contributed by atoms with Gasteiger partial charge in [-0.1, -0.05) is 12.8 Å². The van der Waals surface area contributed by atoms with E-state index in [4.69, 9.17) is 4.74 Å². The van der Waals surface area contributed by atoms with E-state index in [1.165, 1.54) is 38.1 Å². The zero-order valence-electron chi connectivity index (χ0n) is 15.7. The Balaban J connectivity index is 1.76. The molecule has 1 aliphatic rings. The summed E-state index contributed by atoms with van der Waals surface area (Å²) in [5.74, 6) is 0.745. The summed E-state index contributed by atoms with van der Waals surface area (Å²) in [6.45, 7) is 5.60.